The minimum atomic E-state index is -0.442. The molecule has 5 heteroatoms. The van der Waals surface area contributed by atoms with Gasteiger partial charge in [-0.25, -0.2) is 0 Å². The van der Waals surface area contributed by atoms with E-state index < -0.39 is 6.04 Å². The molecule has 0 aliphatic rings. The van der Waals surface area contributed by atoms with Crippen molar-refractivity contribution in [1.82, 2.24) is 0 Å². The van der Waals surface area contributed by atoms with E-state index in [2.05, 4.69) is 41.7 Å². The van der Waals surface area contributed by atoms with Gasteiger partial charge in [0.2, 0.25) is 5.91 Å². The Morgan fingerprint density at radius 2 is 1.64 bits per heavy atom. The first kappa shape index (κ1) is 21.6. The molecule has 136 valence electrons. The maximum atomic E-state index is 12.0. The van der Waals surface area contributed by atoms with Crippen LogP contribution in [0.1, 0.15) is 24.0 Å². The Bertz CT molecular complexity index is 619. The quantitative estimate of drug-likeness (QED) is 0.683. The highest BCUT2D eigenvalue weighted by Gasteiger charge is 2.12. The molecular formula is C20H27ClN2OS. The number of halogens is 1. The van der Waals surface area contributed by atoms with Gasteiger partial charge in [0.05, 0.1) is 6.04 Å². The van der Waals surface area contributed by atoms with E-state index >= 15 is 0 Å². The molecule has 0 aliphatic carbocycles. The molecule has 0 radical (unpaired) electrons. The van der Waals surface area contributed by atoms with Gasteiger partial charge in [-0.1, -0.05) is 42.5 Å². The first-order valence-electron chi connectivity index (χ1n) is 8.37. The van der Waals surface area contributed by atoms with Crippen molar-refractivity contribution in [1.29, 1.82) is 0 Å². The number of rotatable bonds is 9. The number of aryl methyl sites for hydroxylation is 2. The van der Waals surface area contributed by atoms with Crippen molar-refractivity contribution in [3.8, 4) is 0 Å². The van der Waals surface area contributed by atoms with Gasteiger partial charge in [-0.3, -0.25) is 4.79 Å². The number of amides is 1. The van der Waals surface area contributed by atoms with Gasteiger partial charge >= 0.3 is 0 Å². The molecule has 0 heterocycles. The molecule has 2 aromatic rings. The van der Waals surface area contributed by atoms with Crippen molar-refractivity contribution in [3.05, 3.63) is 65.7 Å². The van der Waals surface area contributed by atoms with Gasteiger partial charge in [0.15, 0.2) is 0 Å². The van der Waals surface area contributed by atoms with Crippen LogP contribution in [0.4, 0.5) is 5.69 Å². The average Bonchev–Trinajstić information content (AvgIpc) is 2.62. The van der Waals surface area contributed by atoms with Crippen molar-refractivity contribution in [2.45, 2.75) is 31.7 Å². The standard InChI is InChI=1S/C20H26N2OS.ClH/c1-24-15-14-19(21)20(23)22-18-12-10-17(11-13-18)9-5-8-16-6-3-2-4-7-16;/h2-4,6-7,10-13,19H,5,8-9,14-15,21H2,1H3,(H,22,23);1H/t19-;/m0./s1. The SMILES string of the molecule is CSCC[C@H](N)C(=O)Nc1ccc(CCCc2ccccc2)cc1.Cl. The third kappa shape index (κ3) is 7.95. The molecule has 0 unspecified atom stereocenters. The van der Waals surface area contributed by atoms with Crippen LogP contribution in [0.5, 0.6) is 0 Å². The molecule has 0 fully saturated rings. The second-order valence-electron chi connectivity index (χ2n) is 5.91. The second-order valence-corrected chi connectivity index (χ2v) is 6.90. The van der Waals surface area contributed by atoms with Gasteiger partial charge in [-0.05, 0) is 61.0 Å². The number of hydrogen-bond donors (Lipinski definition) is 2. The molecule has 0 aliphatic heterocycles. The molecule has 0 aromatic heterocycles. The second kappa shape index (κ2) is 12.0. The maximum absolute atomic E-state index is 12.0. The van der Waals surface area contributed by atoms with Crippen molar-refractivity contribution in [2.24, 2.45) is 5.73 Å². The monoisotopic (exact) mass is 378 g/mol. The van der Waals surface area contributed by atoms with E-state index in [1.165, 1.54) is 11.1 Å². The summed E-state index contributed by atoms with van der Waals surface area (Å²) in [6, 6.07) is 18.2. The van der Waals surface area contributed by atoms with E-state index in [0.29, 0.717) is 6.42 Å². The predicted molar refractivity (Wildman–Crippen MR) is 112 cm³/mol. The summed E-state index contributed by atoms with van der Waals surface area (Å²) >= 11 is 1.70. The number of anilines is 1. The van der Waals surface area contributed by atoms with E-state index in [-0.39, 0.29) is 18.3 Å². The summed E-state index contributed by atoms with van der Waals surface area (Å²) in [4.78, 5) is 12.0. The fraction of sp³-hybridized carbons (Fsp3) is 0.350. The minimum Gasteiger partial charge on any atom is -0.325 e. The molecular weight excluding hydrogens is 352 g/mol. The number of nitrogens with two attached hydrogens (primary N) is 1. The normalized spacial score (nSPS) is 11.4. The summed E-state index contributed by atoms with van der Waals surface area (Å²) in [6.45, 7) is 0. The molecule has 0 bridgehead atoms. The molecule has 3 N–H and O–H groups in total. The van der Waals surface area contributed by atoms with Gasteiger partial charge in [-0.15, -0.1) is 12.4 Å². The third-order valence-electron chi connectivity index (χ3n) is 3.96. The summed E-state index contributed by atoms with van der Waals surface area (Å²) in [5, 5.41) is 2.89. The summed E-state index contributed by atoms with van der Waals surface area (Å²) in [5.41, 5.74) is 9.35. The van der Waals surface area contributed by atoms with Crippen molar-refractivity contribution < 1.29 is 4.79 Å². The molecule has 25 heavy (non-hydrogen) atoms. The Kier molecular flexibility index (Phi) is 10.3. The molecule has 2 rings (SSSR count). The summed E-state index contributed by atoms with van der Waals surface area (Å²) in [5.74, 6) is 0.787. The Labute approximate surface area is 161 Å². The van der Waals surface area contributed by atoms with Crippen LogP contribution in [-0.4, -0.2) is 24.0 Å². The highest BCUT2D eigenvalue weighted by Crippen LogP contribution is 2.13. The number of thioether (sulfide) groups is 1. The zero-order chi connectivity index (χ0) is 17.2. The number of hydrogen-bond acceptors (Lipinski definition) is 3. The van der Waals surface area contributed by atoms with Gasteiger partial charge in [-0.2, -0.15) is 11.8 Å². The van der Waals surface area contributed by atoms with Crippen molar-refractivity contribution in [3.63, 3.8) is 0 Å². The smallest absolute Gasteiger partial charge is 0.241 e. The lowest BCUT2D eigenvalue weighted by molar-refractivity contribution is -0.117. The number of nitrogens with one attached hydrogen (secondary N) is 1. The number of carbonyl (C=O) groups is 1. The van der Waals surface area contributed by atoms with E-state index in [1.54, 1.807) is 11.8 Å². The van der Waals surface area contributed by atoms with Crippen molar-refractivity contribution in [2.75, 3.05) is 17.3 Å². The van der Waals surface area contributed by atoms with Crippen LogP contribution in [-0.2, 0) is 17.6 Å². The Morgan fingerprint density at radius 1 is 1.04 bits per heavy atom. The van der Waals surface area contributed by atoms with Crippen LogP contribution in [0.15, 0.2) is 54.6 Å². The first-order chi connectivity index (χ1) is 11.7. The molecule has 2 aromatic carbocycles. The summed E-state index contributed by atoms with van der Waals surface area (Å²) in [6.07, 6.45) is 5.96. The minimum absolute atomic E-state index is 0. The van der Waals surface area contributed by atoms with Crippen molar-refractivity contribution >= 4 is 35.8 Å². The van der Waals surface area contributed by atoms with Crippen LogP contribution in [0.3, 0.4) is 0 Å². The first-order valence-corrected chi connectivity index (χ1v) is 9.76. The van der Waals surface area contributed by atoms with Crippen LogP contribution < -0.4 is 11.1 Å². The van der Waals surface area contributed by atoms with E-state index in [9.17, 15) is 4.79 Å². The van der Waals surface area contributed by atoms with Crippen LogP contribution in [0, 0.1) is 0 Å². The lowest BCUT2D eigenvalue weighted by Crippen LogP contribution is -2.36. The van der Waals surface area contributed by atoms with Gasteiger partial charge in [0.1, 0.15) is 0 Å². The van der Waals surface area contributed by atoms with E-state index in [4.69, 9.17) is 5.73 Å². The predicted octanol–water partition coefficient (Wildman–Crippen LogP) is 4.30. The number of benzene rings is 2. The highest BCUT2D eigenvalue weighted by atomic mass is 35.5. The fourth-order valence-electron chi connectivity index (χ4n) is 2.51. The van der Waals surface area contributed by atoms with Crippen LogP contribution >= 0.6 is 24.2 Å². The van der Waals surface area contributed by atoms with Gasteiger partial charge in [0, 0.05) is 5.69 Å². The zero-order valence-electron chi connectivity index (χ0n) is 14.6. The Hall–Kier alpha value is -1.49. The van der Waals surface area contributed by atoms with Gasteiger partial charge in [0.25, 0.3) is 0 Å². The fourth-order valence-corrected chi connectivity index (χ4v) is 3.00. The van der Waals surface area contributed by atoms with Gasteiger partial charge < -0.3 is 11.1 Å². The van der Waals surface area contributed by atoms with E-state index in [0.717, 1.165) is 30.7 Å². The average molecular weight is 379 g/mol. The Balaban J connectivity index is 0.00000312. The molecule has 1 atom stereocenters. The van der Waals surface area contributed by atoms with Crippen LogP contribution in [0.25, 0.3) is 0 Å². The molecule has 0 spiro atoms. The summed E-state index contributed by atoms with van der Waals surface area (Å²) in [7, 11) is 0. The third-order valence-corrected chi connectivity index (χ3v) is 4.61. The lowest BCUT2D eigenvalue weighted by atomic mass is 10.0. The Morgan fingerprint density at radius 3 is 2.24 bits per heavy atom. The topological polar surface area (TPSA) is 55.1 Å². The summed E-state index contributed by atoms with van der Waals surface area (Å²) < 4.78 is 0. The molecule has 3 nitrogen and oxygen atoms in total. The molecule has 0 saturated heterocycles. The van der Waals surface area contributed by atoms with Crippen LogP contribution in [0.2, 0.25) is 0 Å². The maximum Gasteiger partial charge on any atom is 0.241 e. The lowest BCUT2D eigenvalue weighted by Gasteiger charge is -2.12. The zero-order valence-corrected chi connectivity index (χ0v) is 16.2. The molecule has 0 saturated carbocycles. The highest BCUT2D eigenvalue weighted by molar-refractivity contribution is 7.98. The van der Waals surface area contributed by atoms with E-state index in [1.807, 2.05) is 24.5 Å². The largest absolute Gasteiger partial charge is 0.325 e. The number of carbonyl (C=O) groups excluding carboxylic acids is 1. The molecule has 1 amide bonds.